The van der Waals surface area contributed by atoms with Crippen LogP contribution in [0, 0.1) is 0 Å². The standard InChI is InChI=1S/C37H43N3O12/c41-18-27-30(45)31(46)33(47)37(51-27)10-7-24-29-22(15-26(43)32(24)52-37)16-36(34(48)49,12-11-35(50)8-1-2-9-35)40(29)28(44)6-4-20-3-5-25(42)21(13-20)14-23-17-38-19-39-23/h3-6,13,15,17,19,27,30-31,33,41-43,45-47,50H,1-2,7-12,14,16,18H2,(H,38,39)(H,48,49). The molecule has 1 aromatic heterocycles. The highest BCUT2D eigenvalue weighted by Crippen LogP contribution is 2.55. The average Bonchev–Trinajstić information content (AvgIpc) is 3.88. The van der Waals surface area contributed by atoms with Gasteiger partial charge in [0.05, 0.1) is 24.2 Å². The fourth-order valence-electron chi connectivity index (χ4n) is 8.35. The number of carbonyl (C=O) groups is 2. The first-order valence-electron chi connectivity index (χ1n) is 17.5. The Kier molecular flexibility index (Phi) is 9.30. The molecule has 0 radical (unpaired) electrons. The van der Waals surface area contributed by atoms with Crippen molar-refractivity contribution < 1.29 is 59.9 Å². The largest absolute Gasteiger partial charge is 0.508 e. The molecule has 7 rings (SSSR count). The number of nitrogens with zero attached hydrogens (tertiary/aromatic N) is 2. The number of nitrogens with one attached hydrogen (secondary N) is 1. The summed E-state index contributed by atoms with van der Waals surface area (Å²) in [6.07, 6.45) is 2.06. The molecule has 0 bridgehead atoms. The Labute approximate surface area is 298 Å². The monoisotopic (exact) mass is 721 g/mol. The Morgan fingerprint density at radius 3 is 2.50 bits per heavy atom. The molecule has 6 unspecified atom stereocenters. The van der Waals surface area contributed by atoms with Crippen molar-refractivity contribution in [1.29, 1.82) is 0 Å². The van der Waals surface area contributed by atoms with Gasteiger partial charge in [0.2, 0.25) is 5.79 Å². The molecule has 52 heavy (non-hydrogen) atoms. The van der Waals surface area contributed by atoms with E-state index in [2.05, 4.69) is 9.97 Å². The molecule has 1 aliphatic carbocycles. The number of aromatic hydroxyl groups is 2. The van der Waals surface area contributed by atoms with Gasteiger partial charge in [-0.3, -0.25) is 9.69 Å². The number of rotatable bonds is 9. The number of carbonyl (C=O) groups excluding carboxylic acids is 1. The van der Waals surface area contributed by atoms with Crippen LogP contribution in [0.25, 0.3) is 6.08 Å². The predicted octanol–water partition coefficient (Wildman–Crippen LogP) is 1.42. The second-order valence-corrected chi connectivity index (χ2v) is 14.5. The van der Waals surface area contributed by atoms with Gasteiger partial charge in [0.15, 0.2) is 11.5 Å². The Bertz CT molecular complexity index is 1870. The van der Waals surface area contributed by atoms with Crippen LogP contribution in [0.5, 0.6) is 17.2 Å². The molecule has 278 valence electrons. The van der Waals surface area contributed by atoms with Gasteiger partial charge in [0.1, 0.15) is 35.7 Å². The molecule has 3 aromatic rings. The van der Waals surface area contributed by atoms with Gasteiger partial charge in [0, 0.05) is 48.4 Å². The Balaban J connectivity index is 1.28. The summed E-state index contributed by atoms with van der Waals surface area (Å²) in [4.78, 5) is 36.1. The zero-order chi connectivity index (χ0) is 37.0. The van der Waals surface area contributed by atoms with Crippen LogP contribution in [0.3, 0.4) is 0 Å². The number of hydrogen-bond donors (Lipinski definition) is 9. The number of carboxylic acid groups (broad SMARTS) is 1. The first-order chi connectivity index (χ1) is 24.8. The number of amides is 1. The van der Waals surface area contributed by atoms with Crippen LogP contribution in [0.2, 0.25) is 0 Å². The number of anilines is 1. The van der Waals surface area contributed by atoms with Gasteiger partial charge in [-0.15, -0.1) is 0 Å². The number of aliphatic hydroxyl groups is 5. The van der Waals surface area contributed by atoms with Crippen LogP contribution in [0.1, 0.15) is 72.9 Å². The summed E-state index contributed by atoms with van der Waals surface area (Å²) in [6, 6.07) is 6.11. The maximum atomic E-state index is 14.5. The number of phenols is 2. The maximum absolute atomic E-state index is 14.5. The summed E-state index contributed by atoms with van der Waals surface area (Å²) >= 11 is 0. The van der Waals surface area contributed by atoms with E-state index in [0.717, 1.165) is 18.5 Å². The summed E-state index contributed by atoms with van der Waals surface area (Å²) in [7, 11) is 0. The van der Waals surface area contributed by atoms with E-state index in [4.69, 9.17) is 9.47 Å². The summed E-state index contributed by atoms with van der Waals surface area (Å²) in [6.45, 7) is -0.702. The first-order valence-corrected chi connectivity index (χ1v) is 17.5. The van der Waals surface area contributed by atoms with Crippen molar-refractivity contribution in [2.45, 2.75) is 106 Å². The number of aromatic nitrogens is 2. The highest BCUT2D eigenvalue weighted by atomic mass is 16.7. The van der Waals surface area contributed by atoms with E-state index in [0.29, 0.717) is 36.0 Å². The van der Waals surface area contributed by atoms with Crippen molar-refractivity contribution in [2.24, 2.45) is 0 Å². The van der Waals surface area contributed by atoms with Crippen molar-refractivity contribution in [3.63, 3.8) is 0 Å². The van der Waals surface area contributed by atoms with Gasteiger partial charge in [-0.25, -0.2) is 9.78 Å². The SMILES string of the molecule is O=C(C=Cc1ccc(O)c(Cc2cnc[nH]2)c1)N1c2c(cc(O)c3c2CCC2(O3)OC(CO)C(O)C(O)C2O)CC1(CCC1(O)CCCC1)C(=O)O. The molecule has 15 nitrogen and oxygen atoms in total. The highest BCUT2D eigenvalue weighted by molar-refractivity contribution is 6.11. The summed E-state index contributed by atoms with van der Waals surface area (Å²) in [5, 5.41) is 85.7. The number of ether oxygens (including phenoxy) is 2. The zero-order valence-electron chi connectivity index (χ0n) is 28.3. The van der Waals surface area contributed by atoms with Gasteiger partial charge in [-0.1, -0.05) is 18.9 Å². The molecule has 3 aliphatic heterocycles. The first kappa shape index (κ1) is 35.9. The van der Waals surface area contributed by atoms with Crippen molar-refractivity contribution in [3.05, 3.63) is 70.8 Å². The fraction of sp³-hybridized carbons (Fsp3) is 0.486. The third kappa shape index (κ3) is 6.10. The number of benzene rings is 2. The van der Waals surface area contributed by atoms with Crippen LogP contribution in [-0.4, -0.2) is 111 Å². The van der Waals surface area contributed by atoms with Gasteiger partial charge < -0.3 is 55.3 Å². The molecule has 4 aliphatic rings. The number of carboxylic acids is 1. The van der Waals surface area contributed by atoms with E-state index >= 15 is 0 Å². The van der Waals surface area contributed by atoms with Crippen molar-refractivity contribution >= 4 is 23.6 Å². The van der Waals surface area contributed by atoms with E-state index in [-0.39, 0.29) is 54.9 Å². The third-order valence-corrected chi connectivity index (χ3v) is 11.2. The number of phenolic OH excluding ortho intramolecular Hbond substituents is 2. The molecular formula is C37H43N3O12. The number of fused-ring (bicyclic) bond motifs is 3. The minimum atomic E-state index is -1.99. The van der Waals surface area contributed by atoms with Gasteiger partial charge >= 0.3 is 5.97 Å². The van der Waals surface area contributed by atoms with E-state index in [1.165, 1.54) is 35.5 Å². The number of imidazole rings is 1. The highest BCUT2D eigenvalue weighted by Gasteiger charge is 2.59. The van der Waals surface area contributed by atoms with E-state index in [9.17, 15) is 50.4 Å². The number of hydrogen-bond acceptors (Lipinski definition) is 12. The molecule has 2 aromatic carbocycles. The zero-order valence-corrected chi connectivity index (χ0v) is 28.3. The molecule has 1 spiro atoms. The van der Waals surface area contributed by atoms with Gasteiger partial charge in [-0.05, 0) is 67.5 Å². The lowest BCUT2D eigenvalue weighted by atomic mass is 9.83. The van der Waals surface area contributed by atoms with Crippen molar-refractivity contribution in [2.75, 3.05) is 11.5 Å². The predicted molar refractivity (Wildman–Crippen MR) is 183 cm³/mol. The van der Waals surface area contributed by atoms with Crippen LogP contribution in [0.15, 0.2) is 42.9 Å². The molecule has 1 amide bonds. The molecule has 1 saturated carbocycles. The number of aliphatic hydroxyl groups excluding tert-OH is 4. The maximum Gasteiger partial charge on any atom is 0.330 e. The molecule has 4 heterocycles. The quantitative estimate of drug-likeness (QED) is 0.142. The summed E-state index contributed by atoms with van der Waals surface area (Å²) in [5.41, 5.74) is -0.222. The Morgan fingerprint density at radius 2 is 1.81 bits per heavy atom. The third-order valence-electron chi connectivity index (χ3n) is 11.2. The lowest BCUT2D eigenvalue weighted by Gasteiger charge is -2.50. The lowest BCUT2D eigenvalue weighted by molar-refractivity contribution is -0.342. The molecular weight excluding hydrogens is 678 g/mol. The fourth-order valence-corrected chi connectivity index (χ4v) is 8.35. The summed E-state index contributed by atoms with van der Waals surface area (Å²) in [5.74, 6) is -4.55. The minimum Gasteiger partial charge on any atom is -0.508 e. The second kappa shape index (κ2) is 13.5. The molecule has 9 N–H and O–H groups in total. The Hall–Kier alpha value is -4.51. The molecule has 2 fully saturated rings. The van der Waals surface area contributed by atoms with E-state index in [1.54, 1.807) is 18.3 Å². The topological polar surface area (TPSA) is 246 Å². The lowest BCUT2D eigenvalue weighted by Crippen LogP contribution is -2.68. The normalized spacial score (nSPS) is 29.3. The molecule has 1 saturated heterocycles. The van der Waals surface area contributed by atoms with Crippen LogP contribution in [-0.2, 0) is 33.6 Å². The number of H-pyrrole nitrogens is 1. The average molecular weight is 722 g/mol. The Morgan fingerprint density at radius 1 is 1.04 bits per heavy atom. The van der Waals surface area contributed by atoms with Gasteiger partial charge in [-0.2, -0.15) is 0 Å². The molecule has 6 atom stereocenters. The minimum absolute atomic E-state index is 0.0217. The van der Waals surface area contributed by atoms with Crippen LogP contribution in [0.4, 0.5) is 5.69 Å². The van der Waals surface area contributed by atoms with Crippen molar-refractivity contribution in [1.82, 2.24) is 9.97 Å². The number of aliphatic carboxylic acids is 1. The van der Waals surface area contributed by atoms with E-state index in [1.807, 2.05) is 0 Å². The van der Waals surface area contributed by atoms with E-state index < -0.39 is 65.6 Å². The van der Waals surface area contributed by atoms with Crippen LogP contribution < -0.4 is 9.64 Å². The summed E-state index contributed by atoms with van der Waals surface area (Å²) < 4.78 is 11.9. The number of aromatic amines is 1. The van der Waals surface area contributed by atoms with Crippen molar-refractivity contribution in [3.8, 4) is 17.2 Å². The van der Waals surface area contributed by atoms with Crippen LogP contribution >= 0.6 is 0 Å². The molecule has 15 heteroatoms. The smallest absolute Gasteiger partial charge is 0.330 e. The van der Waals surface area contributed by atoms with Gasteiger partial charge in [0.25, 0.3) is 5.91 Å². The second-order valence-electron chi connectivity index (χ2n) is 14.5.